The van der Waals surface area contributed by atoms with Crippen molar-refractivity contribution in [2.24, 2.45) is 5.41 Å². The predicted octanol–water partition coefficient (Wildman–Crippen LogP) is 4.96. The number of nitriles is 1. The number of ketones is 1. The summed E-state index contributed by atoms with van der Waals surface area (Å²) in [6.07, 6.45) is 0. The first-order chi connectivity index (χ1) is 13.6. The Kier molecular flexibility index (Phi) is 6.52. The van der Waals surface area contributed by atoms with Crippen molar-refractivity contribution in [3.63, 3.8) is 0 Å². The summed E-state index contributed by atoms with van der Waals surface area (Å²) in [4.78, 5) is 36.2. The van der Waals surface area contributed by atoms with E-state index in [1.807, 2.05) is 0 Å². The molecule has 2 aromatic carbocycles. The molecule has 0 spiro atoms. The standard InChI is InChI=1S/C21H17ClN2O5/c1-21(2,3)19(25)16(12-23)18(29-20(26)13-7-5-4-6-8-13)15-10-9-14(22)11-17(15)24(27)28/h4-11H,1-3H3. The third-order valence-corrected chi connectivity index (χ3v) is 4.09. The van der Waals surface area contributed by atoms with Crippen molar-refractivity contribution in [3.8, 4) is 6.07 Å². The fourth-order valence-corrected chi connectivity index (χ4v) is 2.56. The summed E-state index contributed by atoms with van der Waals surface area (Å²) in [5, 5.41) is 21.2. The molecule has 2 aromatic rings. The zero-order valence-electron chi connectivity index (χ0n) is 15.9. The second-order valence-corrected chi connectivity index (χ2v) is 7.51. The molecule has 0 bridgehead atoms. The molecule has 0 fully saturated rings. The number of hydrogen-bond acceptors (Lipinski definition) is 6. The summed E-state index contributed by atoms with van der Waals surface area (Å²) < 4.78 is 5.37. The van der Waals surface area contributed by atoms with Gasteiger partial charge in [-0.2, -0.15) is 5.26 Å². The average molecular weight is 413 g/mol. The minimum absolute atomic E-state index is 0.0786. The molecule has 0 saturated carbocycles. The van der Waals surface area contributed by atoms with Crippen LogP contribution in [0, 0.1) is 26.9 Å². The van der Waals surface area contributed by atoms with E-state index in [4.69, 9.17) is 16.3 Å². The van der Waals surface area contributed by atoms with Gasteiger partial charge in [-0.25, -0.2) is 4.79 Å². The van der Waals surface area contributed by atoms with Crippen LogP contribution in [0.5, 0.6) is 0 Å². The molecule has 0 amide bonds. The van der Waals surface area contributed by atoms with E-state index in [9.17, 15) is 25.0 Å². The van der Waals surface area contributed by atoms with Crippen molar-refractivity contribution in [2.45, 2.75) is 20.8 Å². The van der Waals surface area contributed by atoms with Crippen molar-refractivity contribution < 1.29 is 19.2 Å². The van der Waals surface area contributed by atoms with E-state index in [0.29, 0.717) is 0 Å². The lowest BCUT2D eigenvalue weighted by molar-refractivity contribution is -0.385. The van der Waals surface area contributed by atoms with Crippen LogP contribution in [0.1, 0.15) is 36.7 Å². The van der Waals surface area contributed by atoms with Gasteiger partial charge >= 0.3 is 5.97 Å². The zero-order chi connectivity index (χ0) is 21.8. The Morgan fingerprint density at radius 1 is 1.14 bits per heavy atom. The number of ether oxygens (including phenoxy) is 1. The largest absolute Gasteiger partial charge is 0.420 e. The van der Waals surface area contributed by atoms with E-state index in [2.05, 4.69) is 0 Å². The molecular formula is C21H17ClN2O5. The molecular weight excluding hydrogens is 396 g/mol. The Bertz CT molecular complexity index is 1050. The van der Waals surface area contributed by atoms with E-state index in [1.54, 1.807) is 45.0 Å². The number of nitro benzene ring substituents is 1. The molecule has 0 aliphatic heterocycles. The number of esters is 1. The van der Waals surface area contributed by atoms with Crippen molar-refractivity contribution in [2.75, 3.05) is 0 Å². The van der Waals surface area contributed by atoms with E-state index in [-0.39, 0.29) is 16.1 Å². The highest BCUT2D eigenvalue weighted by Gasteiger charge is 2.33. The Labute approximate surface area is 172 Å². The van der Waals surface area contributed by atoms with E-state index in [1.165, 1.54) is 24.3 Å². The van der Waals surface area contributed by atoms with Gasteiger partial charge in [0.2, 0.25) is 0 Å². The van der Waals surface area contributed by atoms with Gasteiger partial charge in [-0.1, -0.05) is 50.6 Å². The second-order valence-electron chi connectivity index (χ2n) is 7.07. The molecule has 7 nitrogen and oxygen atoms in total. The van der Waals surface area contributed by atoms with Crippen molar-refractivity contribution >= 4 is 34.8 Å². The Morgan fingerprint density at radius 2 is 1.76 bits per heavy atom. The number of carbonyl (C=O) groups excluding carboxylic acids is 2. The number of nitrogens with zero attached hydrogens (tertiary/aromatic N) is 2. The summed E-state index contributed by atoms with van der Waals surface area (Å²) in [5.41, 5.74) is -2.02. The molecule has 0 N–H and O–H groups in total. The lowest BCUT2D eigenvalue weighted by Crippen LogP contribution is -2.23. The molecule has 0 unspecified atom stereocenters. The van der Waals surface area contributed by atoms with Gasteiger partial charge in [0.15, 0.2) is 11.5 Å². The number of halogens is 1. The fraction of sp³-hybridized carbons (Fsp3) is 0.190. The lowest BCUT2D eigenvalue weighted by atomic mass is 9.85. The molecule has 0 aliphatic carbocycles. The lowest BCUT2D eigenvalue weighted by Gasteiger charge is -2.18. The third kappa shape index (κ3) is 5.06. The van der Waals surface area contributed by atoms with Crippen LogP contribution in [-0.4, -0.2) is 16.7 Å². The molecule has 0 atom stereocenters. The number of nitro groups is 1. The Morgan fingerprint density at radius 3 is 2.28 bits per heavy atom. The molecule has 29 heavy (non-hydrogen) atoms. The highest BCUT2D eigenvalue weighted by Crippen LogP contribution is 2.34. The maximum atomic E-state index is 12.8. The highest BCUT2D eigenvalue weighted by molar-refractivity contribution is 6.30. The van der Waals surface area contributed by atoms with Crippen molar-refractivity contribution in [1.29, 1.82) is 5.26 Å². The van der Waals surface area contributed by atoms with Gasteiger partial charge in [-0.15, -0.1) is 0 Å². The monoisotopic (exact) mass is 412 g/mol. The smallest absolute Gasteiger partial charge is 0.343 e. The Hall–Kier alpha value is -3.50. The van der Waals surface area contributed by atoms with Gasteiger partial charge in [0.1, 0.15) is 11.6 Å². The fourth-order valence-electron chi connectivity index (χ4n) is 2.39. The topological polar surface area (TPSA) is 110 Å². The highest BCUT2D eigenvalue weighted by atomic mass is 35.5. The first-order valence-electron chi connectivity index (χ1n) is 8.47. The van der Waals surface area contributed by atoms with Crippen LogP contribution < -0.4 is 0 Å². The number of rotatable bonds is 5. The summed E-state index contributed by atoms with van der Waals surface area (Å²) in [5.74, 6) is -1.97. The van der Waals surface area contributed by atoms with Crippen LogP contribution in [0.2, 0.25) is 5.02 Å². The Balaban J connectivity index is 2.75. The van der Waals surface area contributed by atoms with Crippen molar-refractivity contribution in [1.82, 2.24) is 0 Å². The molecule has 0 aromatic heterocycles. The van der Waals surface area contributed by atoms with Crippen LogP contribution in [0.25, 0.3) is 5.76 Å². The van der Waals surface area contributed by atoms with Crippen LogP contribution in [0.3, 0.4) is 0 Å². The van der Waals surface area contributed by atoms with E-state index < -0.39 is 39.1 Å². The number of Topliss-reactive ketones (excluding diaryl/α,β-unsaturated/α-hetero) is 1. The van der Waals surface area contributed by atoms with Gasteiger partial charge in [0.25, 0.3) is 5.69 Å². The van der Waals surface area contributed by atoms with Crippen molar-refractivity contribution in [3.05, 3.63) is 80.4 Å². The summed E-state index contributed by atoms with van der Waals surface area (Å²) >= 11 is 5.86. The average Bonchev–Trinajstić information content (AvgIpc) is 2.67. The van der Waals surface area contributed by atoms with Crippen LogP contribution in [0.15, 0.2) is 54.1 Å². The molecule has 0 radical (unpaired) electrons. The molecule has 148 valence electrons. The normalized spacial score (nSPS) is 11.8. The third-order valence-electron chi connectivity index (χ3n) is 3.85. The zero-order valence-corrected chi connectivity index (χ0v) is 16.7. The number of allylic oxidation sites excluding steroid dienone is 1. The molecule has 2 rings (SSSR count). The predicted molar refractivity (Wildman–Crippen MR) is 107 cm³/mol. The summed E-state index contributed by atoms with van der Waals surface area (Å²) in [7, 11) is 0. The number of hydrogen-bond donors (Lipinski definition) is 0. The van der Waals surface area contributed by atoms with Gasteiger partial charge in [0, 0.05) is 16.5 Å². The minimum atomic E-state index is -0.989. The van der Waals surface area contributed by atoms with Gasteiger partial charge in [0.05, 0.1) is 16.1 Å². The summed E-state index contributed by atoms with van der Waals surface area (Å²) in [6.45, 7) is 4.75. The minimum Gasteiger partial charge on any atom is -0.420 e. The first kappa shape index (κ1) is 21.8. The quantitative estimate of drug-likeness (QED) is 0.171. The number of carbonyl (C=O) groups is 2. The maximum Gasteiger partial charge on any atom is 0.343 e. The second kappa shape index (κ2) is 8.67. The molecule has 8 heteroatoms. The molecule has 0 saturated heterocycles. The van der Waals surface area contributed by atoms with E-state index in [0.717, 1.165) is 6.07 Å². The molecule has 0 heterocycles. The van der Waals surface area contributed by atoms with Gasteiger partial charge in [-0.05, 0) is 24.3 Å². The van der Waals surface area contributed by atoms with E-state index >= 15 is 0 Å². The van der Waals surface area contributed by atoms with Crippen LogP contribution in [-0.2, 0) is 9.53 Å². The van der Waals surface area contributed by atoms with Crippen LogP contribution >= 0.6 is 11.6 Å². The van der Waals surface area contributed by atoms with Gasteiger partial charge in [-0.3, -0.25) is 14.9 Å². The SMILES string of the molecule is CC(C)(C)C(=O)C(C#N)=C(OC(=O)c1ccccc1)c1ccc(Cl)cc1[N+](=O)[O-]. The van der Waals surface area contributed by atoms with Crippen LogP contribution in [0.4, 0.5) is 5.69 Å². The molecule has 0 aliphatic rings. The summed E-state index contributed by atoms with van der Waals surface area (Å²) in [6, 6.07) is 13.3. The van der Waals surface area contributed by atoms with Gasteiger partial charge < -0.3 is 4.74 Å². The maximum absolute atomic E-state index is 12.8. The number of benzene rings is 2. The first-order valence-corrected chi connectivity index (χ1v) is 8.84.